The Morgan fingerprint density at radius 2 is 2.12 bits per heavy atom. The summed E-state index contributed by atoms with van der Waals surface area (Å²) in [6.45, 7) is 0. The van der Waals surface area contributed by atoms with Crippen LogP contribution in [0.1, 0.15) is 29.5 Å². The molecule has 0 saturated carbocycles. The van der Waals surface area contributed by atoms with Gasteiger partial charge in [-0.1, -0.05) is 18.2 Å². The molecule has 2 heteroatoms. The maximum Gasteiger partial charge on any atom is 0.0785 e. The van der Waals surface area contributed by atoms with E-state index < -0.39 is 5.60 Å². The van der Waals surface area contributed by atoms with Crippen LogP contribution in [-0.2, 0) is 19.3 Å². The summed E-state index contributed by atoms with van der Waals surface area (Å²) in [7, 11) is 0. The van der Waals surface area contributed by atoms with Gasteiger partial charge in [-0.05, 0) is 48.1 Å². The lowest BCUT2D eigenvalue weighted by Gasteiger charge is -2.21. The van der Waals surface area contributed by atoms with Crippen molar-refractivity contribution in [2.75, 3.05) is 11.5 Å². The summed E-state index contributed by atoms with van der Waals surface area (Å²) in [6.07, 6.45) is 5.58. The van der Waals surface area contributed by atoms with Gasteiger partial charge in [-0.3, -0.25) is 0 Å². The zero-order valence-electron chi connectivity index (χ0n) is 9.54. The average Bonchev–Trinajstić information content (AvgIpc) is 2.86. The quantitative estimate of drug-likeness (QED) is 0.849. The standard InChI is InChI=1S/C14H18OS/c15-14(6-7-16-10-14)9-11-4-5-12-2-1-3-13(12)8-11/h4-5,8,15H,1-3,6-7,9-10H2. The Labute approximate surface area is 101 Å². The van der Waals surface area contributed by atoms with Gasteiger partial charge in [0.2, 0.25) is 0 Å². The first-order valence-corrected chi connectivity index (χ1v) is 7.32. The Morgan fingerprint density at radius 3 is 2.94 bits per heavy atom. The molecule has 0 spiro atoms. The molecule has 1 atom stereocenters. The third kappa shape index (κ3) is 2.01. The molecule has 0 bridgehead atoms. The molecule has 0 radical (unpaired) electrons. The van der Waals surface area contributed by atoms with Gasteiger partial charge in [0.25, 0.3) is 0 Å². The molecule has 1 fully saturated rings. The molecule has 0 aromatic heterocycles. The topological polar surface area (TPSA) is 20.2 Å². The molecule has 1 heterocycles. The van der Waals surface area contributed by atoms with Gasteiger partial charge in [-0.15, -0.1) is 0 Å². The van der Waals surface area contributed by atoms with Gasteiger partial charge < -0.3 is 5.11 Å². The van der Waals surface area contributed by atoms with Crippen LogP contribution in [0.4, 0.5) is 0 Å². The summed E-state index contributed by atoms with van der Waals surface area (Å²) >= 11 is 1.88. The van der Waals surface area contributed by atoms with Crippen molar-refractivity contribution in [3.8, 4) is 0 Å². The molecular formula is C14H18OS. The largest absolute Gasteiger partial charge is 0.389 e. The second-order valence-corrected chi connectivity index (χ2v) is 6.27. The lowest BCUT2D eigenvalue weighted by molar-refractivity contribution is 0.0686. The third-order valence-electron chi connectivity index (χ3n) is 3.78. The van der Waals surface area contributed by atoms with Crippen LogP contribution in [0.25, 0.3) is 0 Å². The molecule has 1 aromatic carbocycles. The number of aryl methyl sites for hydroxylation is 2. The van der Waals surface area contributed by atoms with Crippen molar-refractivity contribution in [2.24, 2.45) is 0 Å². The maximum absolute atomic E-state index is 10.4. The summed E-state index contributed by atoms with van der Waals surface area (Å²) in [6, 6.07) is 6.80. The van der Waals surface area contributed by atoms with E-state index in [2.05, 4.69) is 18.2 Å². The lowest BCUT2D eigenvalue weighted by atomic mass is 9.92. The minimum absolute atomic E-state index is 0.433. The molecule has 1 saturated heterocycles. The van der Waals surface area contributed by atoms with Gasteiger partial charge in [0.15, 0.2) is 0 Å². The highest BCUT2D eigenvalue weighted by Gasteiger charge is 2.31. The number of rotatable bonds is 2. The van der Waals surface area contributed by atoms with Crippen molar-refractivity contribution >= 4 is 11.8 Å². The molecule has 1 aromatic rings. The van der Waals surface area contributed by atoms with Crippen molar-refractivity contribution in [2.45, 2.75) is 37.7 Å². The molecular weight excluding hydrogens is 216 g/mol. The second-order valence-electron chi connectivity index (χ2n) is 5.16. The van der Waals surface area contributed by atoms with E-state index in [1.54, 1.807) is 0 Å². The Kier molecular flexibility index (Phi) is 2.72. The fourth-order valence-corrected chi connectivity index (χ4v) is 4.15. The summed E-state index contributed by atoms with van der Waals surface area (Å²) in [5.41, 5.74) is 3.94. The van der Waals surface area contributed by atoms with Gasteiger partial charge in [0.05, 0.1) is 5.60 Å². The van der Waals surface area contributed by atoms with Crippen molar-refractivity contribution in [1.82, 2.24) is 0 Å². The summed E-state index contributed by atoms with van der Waals surface area (Å²) < 4.78 is 0. The van der Waals surface area contributed by atoms with Crippen molar-refractivity contribution in [1.29, 1.82) is 0 Å². The smallest absolute Gasteiger partial charge is 0.0785 e. The van der Waals surface area contributed by atoms with Crippen LogP contribution in [-0.4, -0.2) is 22.2 Å². The van der Waals surface area contributed by atoms with E-state index in [0.717, 1.165) is 24.3 Å². The van der Waals surface area contributed by atoms with Gasteiger partial charge >= 0.3 is 0 Å². The fourth-order valence-electron chi connectivity index (χ4n) is 2.85. The first kappa shape index (κ1) is 10.7. The molecule has 3 rings (SSSR count). The van der Waals surface area contributed by atoms with E-state index in [-0.39, 0.29) is 0 Å². The number of benzene rings is 1. The predicted molar refractivity (Wildman–Crippen MR) is 69.1 cm³/mol. The minimum atomic E-state index is -0.433. The number of aliphatic hydroxyl groups is 1. The molecule has 1 aliphatic carbocycles. The molecule has 16 heavy (non-hydrogen) atoms. The van der Waals surface area contributed by atoms with E-state index in [1.165, 1.54) is 36.0 Å². The van der Waals surface area contributed by atoms with Gasteiger partial charge in [-0.25, -0.2) is 0 Å². The molecule has 1 aliphatic heterocycles. The van der Waals surface area contributed by atoms with E-state index in [0.29, 0.717) is 0 Å². The molecule has 1 nitrogen and oxygen atoms in total. The van der Waals surface area contributed by atoms with Gasteiger partial charge in [0.1, 0.15) is 0 Å². The van der Waals surface area contributed by atoms with Crippen LogP contribution in [0, 0.1) is 0 Å². The molecule has 86 valence electrons. The maximum atomic E-state index is 10.4. The van der Waals surface area contributed by atoms with E-state index >= 15 is 0 Å². The lowest BCUT2D eigenvalue weighted by Crippen LogP contribution is -2.30. The van der Waals surface area contributed by atoms with Crippen LogP contribution in [0.3, 0.4) is 0 Å². The first-order chi connectivity index (χ1) is 7.75. The number of hydrogen-bond acceptors (Lipinski definition) is 2. The highest BCUT2D eigenvalue weighted by atomic mass is 32.2. The highest BCUT2D eigenvalue weighted by molar-refractivity contribution is 7.99. The van der Waals surface area contributed by atoms with Gasteiger partial charge in [0, 0.05) is 12.2 Å². The summed E-state index contributed by atoms with van der Waals surface area (Å²) in [5, 5.41) is 10.4. The third-order valence-corrected chi connectivity index (χ3v) is 5.01. The van der Waals surface area contributed by atoms with Crippen LogP contribution in [0.5, 0.6) is 0 Å². The van der Waals surface area contributed by atoms with Crippen molar-refractivity contribution < 1.29 is 5.11 Å². The Balaban J connectivity index is 1.80. The van der Waals surface area contributed by atoms with Crippen molar-refractivity contribution in [3.63, 3.8) is 0 Å². The minimum Gasteiger partial charge on any atom is -0.389 e. The van der Waals surface area contributed by atoms with Crippen LogP contribution in [0.15, 0.2) is 18.2 Å². The number of thioether (sulfide) groups is 1. The molecule has 1 unspecified atom stereocenters. The van der Waals surface area contributed by atoms with E-state index in [4.69, 9.17) is 0 Å². The van der Waals surface area contributed by atoms with Crippen LogP contribution < -0.4 is 0 Å². The van der Waals surface area contributed by atoms with E-state index in [9.17, 15) is 5.11 Å². The van der Waals surface area contributed by atoms with Gasteiger partial charge in [-0.2, -0.15) is 11.8 Å². The second kappa shape index (κ2) is 4.08. The van der Waals surface area contributed by atoms with E-state index in [1.807, 2.05) is 11.8 Å². The SMILES string of the molecule is OC1(Cc2ccc3c(c2)CCC3)CCSC1. The number of hydrogen-bond donors (Lipinski definition) is 1. The molecule has 2 aliphatic rings. The summed E-state index contributed by atoms with van der Waals surface area (Å²) in [4.78, 5) is 0. The van der Waals surface area contributed by atoms with Crippen molar-refractivity contribution in [3.05, 3.63) is 34.9 Å². The normalized spacial score (nSPS) is 28.3. The Morgan fingerprint density at radius 1 is 1.25 bits per heavy atom. The zero-order chi connectivity index (χ0) is 11.0. The predicted octanol–water partition coefficient (Wildman–Crippen LogP) is 2.59. The monoisotopic (exact) mass is 234 g/mol. The Hall–Kier alpha value is -0.470. The molecule has 1 N–H and O–H groups in total. The molecule has 0 amide bonds. The number of fused-ring (bicyclic) bond motifs is 1. The first-order valence-electron chi connectivity index (χ1n) is 6.16. The highest BCUT2D eigenvalue weighted by Crippen LogP contribution is 2.32. The summed E-state index contributed by atoms with van der Waals surface area (Å²) in [5.74, 6) is 2.02. The Bertz CT molecular complexity index is 394. The average molecular weight is 234 g/mol. The zero-order valence-corrected chi connectivity index (χ0v) is 10.4. The fraction of sp³-hybridized carbons (Fsp3) is 0.571. The van der Waals surface area contributed by atoms with Crippen LogP contribution >= 0.6 is 11.8 Å². The van der Waals surface area contributed by atoms with Crippen LogP contribution in [0.2, 0.25) is 0 Å².